The molecule has 162 valence electrons. The first-order valence-corrected chi connectivity index (χ1v) is 10.5. The number of hydrogen-bond donors (Lipinski definition) is 2. The van der Waals surface area contributed by atoms with Gasteiger partial charge in [0.2, 0.25) is 5.91 Å². The molecule has 1 unspecified atom stereocenters. The summed E-state index contributed by atoms with van der Waals surface area (Å²) in [6, 6.07) is 27.6. The van der Waals surface area contributed by atoms with Crippen molar-refractivity contribution in [2.45, 2.75) is 25.9 Å². The Morgan fingerprint density at radius 3 is 2.34 bits per heavy atom. The van der Waals surface area contributed by atoms with Gasteiger partial charge in [0, 0.05) is 25.2 Å². The van der Waals surface area contributed by atoms with E-state index in [0.717, 1.165) is 11.1 Å². The molecular formula is C26H26N4O2. The van der Waals surface area contributed by atoms with Gasteiger partial charge >= 0.3 is 6.03 Å². The molecule has 6 nitrogen and oxygen atoms in total. The zero-order valence-corrected chi connectivity index (χ0v) is 18.0. The largest absolute Gasteiger partial charge is 0.352 e. The van der Waals surface area contributed by atoms with E-state index < -0.39 is 0 Å². The van der Waals surface area contributed by atoms with Crippen LogP contribution in [0.5, 0.6) is 0 Å². The monoisotopic (exact) mass is 426 g/mol. The summed E-state index contributed by atoms with van der Waals surface area (Å²) < 4.78 is 0. The van der Waals surface area contributed by atoms with Crippen molar-refractivity contribution in [1.82, 2.24) is 10.2 Å². The van der Waals surface area contributed by atoms with E-state index in [-0.39, 0.29) is 30.9 Å². The number of nitrogens with zero attached hydrogens (tertiary/aromatic N) is 2. The van der Waals surface area contributed by atoms with E-state index in [9.17, 15) is 9.59 Å². The van der Waals surface area contributed by atoms with Crippen LogP contribution in [0.1, 0.15) is 36.1 Å². The SMILES string of the molecule is CC(c1ccccc1)N(CCC(=O)NCc1ccccc1)C(=O)Nc1cccc(C#N)c1. The van der Waals surface area contributed by atoms with Gasteiger partial charge in [-0.2, -0.15) is 5.26 Å². The molecule has 0 saturated heterocycles. The standard InChI is InChI=1S/C26H26N4O2/c1-20(23-12-6-3-7-13-23)30(26(32)29-24-14-8-11-22(17-24)18-27)16-15-25(31)28-19-21-9-4-2-5-10-21/h2-14,17,20H,15-16,19H2,1H3,(H,28,31)(H,29,32). The van der Waals surface area contributed by atoms with Crippen molar-refractivity contribution in [2.75, 3.05) is 11.9 Å². The molecule has 3 rings (SSSR count). The number of rotatable bonds is 8. The summed E-state index contributed by atoms with van der Waals surface area (Å²) in [4.78, 5) is 27.2. The highest BCUT2D eigenvalue weighted by molar-refractivity contribution is 5.90. The Morgan fingerprint density at radius 1 is 0.969 bits per heavy atom. The molecule has 0 radical (unpaired) electrons. The van der Waals surface area contributed by atoms with Gasteiger partial charge in [-0.1, -0.05) is 66.7 Å². The van der Waals surface area contributed by atoms with Gasteiger partial charge in [-0.3, -0.25) is 4.79 Å². The lowest BCUT2D eigenvalue weighted by Crippen LogP contribution is -2.39. The first-order chi connectivity index (χ1) is 15.6. The van der Waals surface area contributed by atoms with E-state index in [0.29, 0.717) is 17.8 Å². The van der Waals surface area contributed by atoms with Gasteiger partial charge < -0.3 is 15.5 Å². The van der Waals surface area contributed by atoms with Gasteiger partial charge in [0.15, 0.2) is 0 Å². The molecule has 0 aliphatic carbocycles. The smallest absolute Gasteiger partial charge is 0.322 e. The fraction of sp³-hybridized carbons (Fsp3) is 0.192. The first kappa shape index (κ1) is 22.6. The number of amides is 3. The molecule has 32 heavy (non-hydrogen) atoms. The summed E-state index contributed by atoms with van der Waals surface area (Å²) in [5.74, 6) is -0.126. The van der Waals surface area contributed by atoms with Crippen LogP contribution in [0.3, 0.4) is 0 Å². The van der Waals surface area contributed by atoms with E-state index in [4.69, 9.17) is 5.26 Å². The van der Waals surface area contributed by atoms with E-state index in [1.807, 2.05) is 67.6 Å². The summed E-state index contributed by atoms with van der Waals surface area (Å²) >= 11 is 0. The molecule has 0 aliphatic rings. The Morgan fingerprint density at radius 2 is 1.66 bits per heavy atom. The van der Waals surface area contributed by atoms with Gasteiger partial charge in [-0.05, 0) is 36.2 Å². The lowest BCUT2D eigenvalue weighted by molar-refractivity contribution is -0.121. The molecule has 3 amide bonds. The number of anilines is 1. The Bertz CT molecular complexity index is 1080. The fourth-order valence-electron chi connectivity index (χ4n) is 3.35. The van der Waals surface area contributed by atoms with Gasteiger partial charge in [0.05, 0.1) is 17.7 Å². The van der Waals surface area contributed by atoms with Crippen molar-refractivity contribution in [3.05, 3.63) is 102 Å². The maximum absolute atomic E-state index is 13.1. The summed E-state index contributed by atoms with van der Waals surface area (Å²) in [7, 11) is 0. The highest BCUT2D eigenvalue weighted by atomic mass is 16.2. The van der Waals surface area contributed by atoms with E-state index >= 15 is 0 Å². The Labute approximate surface area is 188 Å². The minimum absolute atomic E-state index is 0.126. The van der Waals surface area contributed by atoms with Crippen LogP contribution in [-0.2, 0) is 11.3 Å². The van der Waals surface area contributed by atoms with Crippen LogP contribution < -0.4 is 10.6 Å². The molecule has 3 aromatic carbocycles. The van der Waals surface area contributed by atoms with Gasteiger partial charge in [-0.15, -0.1) is 0 Å². The maximum atomic E-state index is 13.1. The topological polar surface area (TPSA) is 85.2 Å². The van der Waals surface area contributed by atoms with Crippen molar-refractivity contribution in [1.29, 1.82) is 5.26 Å². The highest BCUT2D eigenvalue weighted by Gasteiger charge is 2.22. The predicted octanol–water partition coefficient (Wildman–Crippen LogP) is 4.86. The zero-order chi connectivity index (χ0) is 22.8. The highest BCUT2D eigenvalue weighted by Crippen LogP contribution is 2.22. The average molecular weight is 427 g/mol. The summed E-state index contributed by atoms with van der Waals surface area (Å²) in [5, 5.41) is 14.9. The van der Waals surface area contributed by atoms with Crippen molar-refractivity contribution in [3.8, 4) is 6.07 Å². The van der Waals surface area contributed by atoms with Crippen LogP contribution in [-0.4, -0.2) is 23.4 Å². The van der Waals surface area contributed by atoms with Crippen molar-refractivity contribution >= 4 is 17.6 Å². The first-order valence-electron chi connectivity index (χ1n) is 10.5. The van der Waals surface area contributed by atoms with Crippen LogP contribution in [0.15, 0.2) is 84.9 Å². The molecule has 0 heterocycles. The second kappa shape index (κ2) is 11.3. The number of carbonyl (C=O) groups excluding carboxylic acids is 2. The fourth-order valence-corrected chi connectivity index (χ4v) is 3.35. The number of urea groups is 1. The molecule has 0 aliphatic heterocycles. The lowest BCUT2D eigenvalue weighted by atomic mass is 10.1. The van der Waals surface area contributed by atoms with Crippen molar-refractivity contribution in [2.24, 2.45) is 0 Å². The normalized spacial score (nSPS) is 11.1. The Kier molecular flexibility index (Phi) is 7.99. The Balaban J connectivity index is 1.68. The van der Waals surface area contributed by atoms with Crippen molar-refractivity contribution in [3.63, 3.8) is 0 Å². The van der Waals surface area contributed by atoms with E-state index in [1.165, 1.54) is 0 Å². The summed E-state index contributed by atoms with van der Waals surface area (Å²) in [6.45, 7) is 2.63. The molecule has 0 aromatic heterocycles. The molecular weight excluding hydrogens is 400 g/mol. The number of hydrogen-bond acceptors (Lipinski definition) is 3. The second-order valence-corrected chi connectivity index (χ2v) is 7.42. The van der Waals surface area contributed by atoms with Gasteiger partial charge in [0.1, 0.15) is 0 Å². The molecule has 6 heteroatoms. The van der Waals surface area contributed by atoms with Crippen LogP contribution in [0.2, 0.25) is 0 Å². The van der Waals surface area contributed by atoms with Gasteiger partial charge in [0.25, 0.3) is 0 Å². The van der Waals surface area contributed by atoms with Gasteiger partial charge in [-0.25, -0.2) is 4.79 Å². The third-order valence-electron chi connectivity index (χ3n) is 5.17. The molecule has 0 spiro atoms. The predicted molar refractivity (Wildman–Crippen MR) is 125 cm³/mol. The average Bonchev–Trinajstić information content (AvgIpc) is 2.84. The molecule has 3 aromatic rings. The second-order valence-electron chi connectivity index (χ2n) is 7.42. The number of nitrogens with one attached hydrogen (secondary N) is 2. The minimum Gasteiger partial charge on any atom is -0.352 e. The number of carbonyl (C=O) groups is 2. The quantitative estimate of drug-likeness (QED) is 0.539. The Hall–Kier alpha value is -4.11. The molecule has 2 N–H and O–H groups in total. The summed E-state index contributed by atoms with van der Waals surface area (Å²) in [6.07, 6.45) is 0.176. The molecule has 0 saturated carbocycles. The maximum Gasteiger partial charge on any atom is 0.322 e. The minimum atomic E-state index is -0.327. The molecule has 0 fully saturated rings. The van der Waals surface area contributed by atoms with Crippen LogP contribution in [0, 0.1) is 11.3 Å². The number of benzene rings is 3. The zero-order valence-electron chi connectivity index (χ0n) is 18.0. The molecule has 1 atom stereocenters. The van der Waals surface area contributed by atoms with Crippen molar-refractivity contribution < 1.29 is 9.59 Å². The van der Waals surface area contributed by atoms with E-state index in [1.54, 1.807) is 29.2 Å². The lowest BCUT2D eigenvalue weighted by Gasteiger charge is -2.29. The van der Waals surface area contributed by atoms with Crippen LogP contribution >= 0.6 is 0 Å². The third-order valence-corrected chi connectivity index (χ3v) is 5.17. The van der Waals surface area contributed by atoms with E-state index in [2.05, 4.69) is 16.7 Å². The third kappa shape index (κ3) is 6.44. The van der Waals surface area contributed by atoms with Crippen LogP contribution in [0.4, 0.5) is 10.5 Å². The van der Waals surface area contributed by atoms with Crippen LogP contribution in [0.25, 0.3) is 0 Å². The number of nitriles is 1. The molecule has 0 bridgehead atoms. The summed E-state index contributed by atoms with van der Waals surface area (Å²) in [5.41, 5.74) is 2.99.